The van der Waals surface area contributed by atoms with Crippen LogP contribution in [0.3, 0.4) is 0 Å². The summed E-state index contributed by atoms with van der Waals surface area (Å²) >= 11 is 6.09. The van der Waals surface area contributed by atoms with E-state index in [9.17, 15) is 4.79 Å². The second-order valence-corrected chi connectivity index (χ2v) is 4.88. The van der Waals surface area contributed by atoms with Crippen molar-refractivity contribution < 1.29 is 4.79 Å². The van der Waals surface area contributed by atoms with Crippen LogP contribution in [0.15, 0.2) is 18.2 Å². The molecular weight excluding hydrogens is 234 g/mol. The summed E-state index contributed by atoms with van der Waals surface area (Å²) in [6.45, 7) is 6.04. The summed E-state index contributed by atoms with van der Waals surface area (Å²) in [7, 11) is 0. The predicted molar refractivity (Wildman–Crippen MR) is 71.0 cm³/mol. The van der Waals surface area contributed by atoms with Crippen molar-refractivity contribution in [2.75, 3.05) is 0 Å². The van der Waals surface area contributed by atoms with Crippen LogP contribution in [0.2, 0.25) is 5.02 Å². The Balaban J connectivity index is 2.88. The molecule has 0 saturated carbocycles. The number of halogens is 1. The molecule has 1 heterocycles. The summed E-state index contributed by atoms with van der Waals surface area (Å²) in [6.07, 6.45) is 0.878. The third-order valence-corrected chi connectivity index (χ3v) is 3.35. The highest BCUT2D eigenvalue weighted by Gasteiger charge is 2.11. The van der Waals surface area contributed by atoms with E-state index in [-0.39, 0.29) is 5.92 Å². The molecule has 0 atom stereocenters. The number of hydrogen-bond donors (Lipinski definition) is 0. The molecule has 0 aliphatic carbocycles. The van der Waals surface area contributed by atoms with Gasteiger partial charge >= 0.3 is 0 Å². The van der Waals surface area contributed by atoms with E-state index in [2.05, 4.69) is 18.8 Å². The van der Waals surface area contributed by atoms with Gasteiger partial charge in [0.05, 0.1) is 5.52 Å². The number of carbonyl (C=O) groups is 1. The molecule has 2 aromatic rings. The fraction of sp³-hybridized carbons (Fsp3) is 0.286. The number of pyridine rings is 1. The lowest BCUT2D eigenvalue weighted by Gasteiger charge is -2.10. The zero-order valence-corrected chi connectivity index (χ0v) is 10.9. The Kier molecular flexibility index (Phi) is 3.16. The van der Waals surface area contributed by atoms with Gasteiger partial charge in [-0.25, -0.2) is 0 Å². The molecule has 0 aliphatic rings. The molecule has 0 saturated heterocycles. The third-order valence-electron chi connectivity index (χ3n) is 2.94. The molecule has 1 aromatic heterocycles. The van der Waals surface area contributed by atoms with E-state index in [1.165, 1.54) is 0 Å². The van der Waals surface area contributed by atoms with Gasteiger partial charge in [-0.2, -0.15) is 0 Å². The Morgan fingerprint density at radius 3 is 2.65 bits per heavy atom. The fourth-order valence-electron chi connectivity index (χ4n) is 1.84. The van der Waals surface area contributed by atoms with Crippen LogP contribution in [0.25, 0.3) is 10.9 Å². The largest absolute Gasteiger partial charge is 0.298 e. The number of aryl methyl sites for hydroxylation is 1. The fourth-order valence-corrected chi connectivity index (χ4v) is 2.00. The summed E-state index contributed by atoms with van der Waals surface area (Å²) in [5, 5.41) is 1.55. The maximum absolute atomic E-state index is 11.1. The van der Waals surface area contributed by atoms with Crippen LogP contribution < -0.4 is 0 Å². The minimum Gasteiger partial charge on any atom is -0.298 e. The van der Waals surface area contributed by atoms with Crippen LogP contribution in [0.4, 0.5) is 0 Å². The van der Waals surface area contributed by atoms with Gasteiger partial charge in [0.2, 0.25) is 0 Å². The van der Waals surface area contributed by atoms with Crippen LogP contribution in [0.1, 0.15) is 41.4 Å². The normalized spacial score (nSPS) is 11.1. The minimum absolute atomic E-state index is 0.288. The van der Waals surface area contributed by atoms with Gasteiger partial charge in [0, 0.05) is 21.7 Å². The molecule has 0 bridgehead atoms. The SMILES string of the molecule is Cc1c(Cl)ccc2c(C=O)cc(C(C)C)nc12. The molecule has 0 fully saturated rings. The average molecular weight is 248 g/mol. The number of carbonyl (C=O) groups excluding carboxylic acids is 1. The van der Waals surface area contributed by atoms with Gasteiger partial charge in [-0.1, -0.05) is 31.5 Å². The Hall–Kier alpha value is -1.41. The average Bonchev–Trinajstić information content (AvgIpc) is 2.32. The van der Waals surface area contributed by atoms with Crippen molar-refractivity contribution >= 4 is 28.8 Å². The lowest BCUT2D eigenvalue weighted by molar-refractivity contribution is 0.112. The van der Waals surface area contributed by atoms with Crippen LogP contribution in [0.5, 0.6) is 0 Å². The summed E-state index contributed by atoms with van der Waals surface area (Å²) < 4.78 is 0. The van der Waals surface area contributed by atoms with Crippen molar-refractivity contribution in [1.29, 1.82) is 0 Å². The molecule has 0 radical (unpaired) electrons. The standard InChI is InChI=1S/C14H14ClNO/c1-8(2)13-6-10(7-17)11-4-5-12(15)9(3)14(11)16-13/h4-8H,1-3H3. The van der Waals surface area contributed by atoms with Crippen LogP contribution in [-0.2, 0) is 0 Å². The van der Waals surface area contributed by atoms with Crippen molar-refractivity contribution in [2.24, 2.45) is 0 Å². The smallest absolute Gasteiger partial charge is 0.150 e. The first-order valence-electron chi connectivity index (χ1n) is 5.59. The van der Waals surface area contributed by atoms with Crippen molar-refractivity contribution in [3.63, 3.8) is 0 Å². The molecular formula is C14H14ClNO. The third kappa shape index (κ3) is 2.05. The van der Waals surface area contributed by atoms with E-state index in [4.69, 9.17) is 11.6 Å². The van der Waals surface area contributed by atoms with Gasteiger partial charge < -0.3 is 0 Å². The van der Waals surface area contributed by atoms with Gasteiger partial charge in [0.15, 0.2) is 6.29 Å². The van der Waals surface area contributed by atoms with Crippen LogP contribution in [-0.4, -0.2) is 11.3 Å². The molecule has 2 rings (SSSR count). The summed E-state index contributed by atoms with van der Waals surface area (Å²) in [5.41, 5.74) is 3.35. The Morgan fingerprint density at radius 2 is 2.06 bits per heavy atom. The lowest BCUT2D eigenvalue weighted by atomic mass is 10.0. The number of fused-ring (bicyclic) bond motifs is 1. The van der Waals surface area contributed by atoms with E-state index < -0.39 is 0 Å². The molecule has 17 heavy (non-hydrogen) atoms. The zero-order valence-electron chi connectivity index (χ0n) is 10.1. The second kappa shape index (κ2) is 4.46. The molecule has 1 aromatic carbocycles. The number of aldehydes is 1. The number of benzene rings is 1. The monoisotopic (exact) mass is 247 g/mol. The predicted octanol–water partition coefficient (Wildman–Crippen LogP) is 4.13. The Morgan fingerprint density at radius 1 is 1.35 bits per heavy atom. The Labute approximate surface area is 106 Å². The van der Waals surface area contributed by atoms with Gasteiger partial charge in [-0.3, -0.25) is 9.78 Å². The molecule has 0 unspecified atom stereocenters. The second-order valence-electron chi connectivity index (χ2n) is 4.48. The number of nitrogens with zero attached hydrogens (tertiary/aromatic N) is 1. The number of rotatable bonds is 2. The molecule has 0 amide bonds. The van der Waals surface area contributed by atoms with E-state index in [1.54, 1.807) is 0 Å². The number of aromatic nitrogens is 1. The first kappa shape index (κ1) is 12.1. The van der Waals surface area contributed by atoms with E-state index >= 15 is 0 Å². The van der Waals surface area contributed by atoms with Crippen molar-refractivity contribution in [1.82, 2.24) is 4.98 Å². The summed E-state index contributed by atoms with van der Waals surface area (Å²) in [5.74, 6) is 0.288. The molecule has 3 heteroatoms. The molecule has 2 nitrogen and oxygen atoms in total. The summed E-state index contributed by atoms with van der Waals surface area (Å²) in [6, 6.07) is 5.52. The topological polar surface area (TPSA) is 30.0 Å². The number of hydrogen-bond acceptors (Lipinski definition) is 2. The molecule has 0 N–H and O–H groups in total. The van der Waals surface area contributed by atoms with Gasteiger partial charge in [-0.05, 0) is 30.5 Å². The van der Waals surface area contributed by atoms with Crippen LogP contribution >= 0.6 is 11.6 Å². The van der Waals surface area contributed by atoms with Crippen molar-refractivity contribution in [2.45, 2.75) is 26.7 Å². The highest BCUT2D eigenvalue weighted by molar-refractivity contribution is 6.32. The van der Waals surface area contributed by atoms with E-state index in [0.29, 0.717) is 10.6 Å². The highest BCUT2D eigenvalue weighted by Crippen LogP contribution is 2.27. The lowest BCUT2D eigenvalue weighted by Crippen LogP contribution is -1.98. The van der Waals surface area contributed by atoms with E-state index in [1.807, 2.05) is 25.1 Å². The van der Waals surface area contributed by atoms with Gasteiger partial charge in [0.25, 0.3) is 0 Å². The maximum atomic E-state index is 11.1. The maximum Gasteiger partial charge on any atom is 0.150 e. The first-order valence-corrected chi connectivity index (χ1v) is 5.97. The highest BCUT2D eigenvalue weighted by atomic mass is 35.5. The first-order chi connectivity index (χ1) is 8.04. The van der Waals surface area contributed by atoms with Crippen molar-refractivity contribution in [3.8, 4) is 0 Å². The van der Waals surface area contributed by atoms with Gasteiger partial charge in [-0.15, -0.1) is 0 Å². The molecule has 0 spiro atoms. The van der Waals surface area contributed by atoms with Crippen molar-refractivity contribution in [3.05, 3.63) is 40.0 Å². The summed E-state index contributed by atoms with van der Waals surface area (Å²) in [4.78, 5) is 15.7. The quantitative estimate of drug-likeness (QED) is 0.747. The van der Waals surface area contributed by atoms with E-state index in [0.717, 1.165) is 28.4 Å². The minimum atomic E-state index is 0.288. The Bertz CT molecular complexity index is 590. The zero-order chi connectivity index (χ0) is 12.6. The van der Waals surface area contributed by atoms with Gasteiger partial charge in [0.1, 0.15) is 0 Å². The molecule has 0 aliphatic heterocycles. The van der Waals surface area contributed by atoms with Crippen LogP contribution in [0, 0.1) is 6.92 Å². The molecule has 88 valence electrons.